The number of aromatic nitrogens is 2. The van der Waals surface area contributed by atoms with Crippen molar-refractivity contribution in [3.63, 3.8) is 0 Å². The molecule has 0 N–H and O–H groups in total. The highest BCUT2D eigenvalue weighted by Crippen LogP contribution is 2.46. The van der Waals surface area contributed by atoms with Gasteiger partial charge in [-0.2, -0.15) is 0 Å². The maximum absolute atomic E-state index is 5.11. The largest absolute Gasteiger partial charge is 0.228 e. The maximum Gasteiger partial charge on any atom is 0.160 e. The number of rotatable bonds is 6. The third kappa shape index (κ3) is 5.82. The standard InChI is InChI=1S/C56H36N2/c1-3-16-42(17-4-1)53-48-23-11-12-24-49(48)54(55-46-22-10-8-15-40(46)34-35-50(53)55)43-32-28-38(29-33-43)37-26-30-41(31-27-37)51-36-52(58-56(57-51)44-18-5-2-6-19-44)47-25-13-20-39-14-7-9-21-45(39)47/h1-36H. The Kier molecular flexibility index (Phi) is 8.19. The first-order valence-electron chi connectivity index (χ1n) is 19.8. The zero-order valence-electron chi connectivity index (χ0n) is 31.7. The molecule has 0 amide bonds. The van der Waals surface area contributed by atoms with Gasteiger partial charge in [0.15, 0.2) is 5.82 Å². The van der Waals surface area contributed by atoms with Gasteiger partial charge >= 0.3 is 0 Å². The second-order valence-corrected chi connectivity index (χ2v) is 14.9. The Morgan fingerprint density at radius 3 is 1.43 bits per heavy atom. The van der Waals surface area contributed by atoms with Gasteiger partial charge in [-0.1, -0.05) is 212 Å². The average molecular weight is 737 g/mol. The molecular weight excluding hydrogens is 701 g/mol. The molecule has 270 valence electrons. The van der Waals surface area contributed by atoms with Gasteiger partial charge in [0.05, 0.1) is 11.4 Å². The first-order valence-corrected chi connectivity index (χ1v) is 19.8. The molecule has 0 unspecified atom stereocenters. The van der Waals surface area contributed by atoms with E-state index >= 15 is 0 Å². The molecule has 1 heterocycles. The minimum absolute atomic E-state index is 0.713. The Balaban J connectivity index is 1.01. The van der Waals surface area contributed by atoms with Crippen LogP contribution in [0.1, 0.15) is 0 Å². The van der Waals surface area contributed by atoms with Crippen molar-refractivity contribution in [2.45, 2.75) is 0 Å². The summed E-state index contributed by atoms with van der Waals surface area (Å²) in [4.78, 5) is 10.2. The summed E-state index contributed by atoms with van der Waals surface area (Å²) in [7, 11) is 0. The van der Waals surface area contributed by atoms with Crippen molar-refractivity contribution in [3.8, 4) is 67.3 Å². The van der Waals surface area contributed by atoms with Gasteiger partial charge in [-0.15, -0.1) is 0 Å². The number of benzene rings is 10. The van der Waals surface area contributed by atoms with Crippen molar-refractivity contribution in [1.29, 1.82) is 0 Å². The minimum atomic E-state index is 0.713. The number of hydrogen-bond acceptors (Lipinski definition) is 2. The zero-order valence-corrected chi connectivity index (χ0v) is 31.7. The fraction of sp³-hybridized carbons (Fsp3) is 0. The molecule has 1 aromatic heterocycles. The van der Waals surface area contributed by atoms with Crippen LogP contribution < -0.4 is 0 Å². The molecule has 0 aliphatic rings. The van der Waals surface area contributed by atoms with Crippen LogP contribution in [0.15, 0.2) is 218 Å². The molecule has 11 rings (SSSR count). The molecule has 0 radical (unpaired) electrons. The minimum Gasteiger partial charge on any atom is -0.228 e. The zero-order chi connectivity index (χ0) is 38.4. The second-order valence-electron chi connectivity index (χ2n) is 14.9. The molecule has 0 aliphatic heterocycles. The fourth-order valence-electron chi connectivity index (χ4n) is 8.72. The normalized spacial score (nSPS) is 11.4. The summed E-state index contributed by atoms with van der Waals surface area (Å²) in [6.07, 6.45) is 0. The fourth-order valence-corrected chi connectivity index (χ4v) is 8.72. The molecular formula is C56H36N2. The highest BCUT2D eigenvalue weighted by atomic mass is 14.9. The van der Waals surface area contributed by atoms with Gasteiger partial charge in [0.1, 0.15) is 0 Å². The van der Waals surface area contributed by atoms with Crippen LogP contribution in [0, 0.1) is 0 Å². The summed E-state index contributed by atoms with van der Waals surface area (Å²) >= 11 is 0. The number of nitrogens with zero attached hydrogens (tertiary/aromatic N) is 2. The summed E-state index contributed by atoms with van der Waals surface area (Å²) in [5, 5.41) is 9.94. The van der Waals surface area contributed by atoms with Gasteiger partial charge < -0.3 is 0 Å². The Morgan fingerprint density at radius 1 is 0.259 bits per heavy atom. The van der Waals surface area contributed by atoms with E-state index in [9.17, 15) is 0 Å². The van der Waals surface area contributed by atoms with E-state index in [0.717, 1.165) is 33.6 Å². The van der Waals surface area contributed by atoms with E-state index in [1.54, 1.807) is 0 Å². The van der Waals surface area contributed by atoms with E-state index in [1.165, 1.54) is 70.9 Å². The van der Waals surface area contributed by atoms with Gasteiger partial charge in [-0.05, 0) is 82.5 Å². The van der Waals surface area contributed by atoms with Crippen LogP contribution in [0.3, 0.4) is 0 Å². The SMILES string of the molecule is c1ccc(-c2nc(-c3ccc(-c4ccc(-c5c6ccccc6c(-c6ccccc6)c6ccc7ccccc7c56)cc4)cc3)cc(-c3cccc4ccccc34)n2)cc1. The quantitative estimate of drug-likeness (QED) is 0.125. The third-order valence-corrected chi connectivity index (χ3v) is 11.5. The van der Waals surface area contributed by atoms with Crippen LogP contribution in [0.2, 0.25) is 0 Å². The van der Waals surface area contributed by atoms with Crippen molar-refractivity contribution in [3.05, 3.63) is 218 Å². The molecule has 0 spiro atoms. The van der Waals surface area contributed by atoms with Crippen LogP contribution in [0.5, 0.6) is 0 Å². The molecule has 0 fully saturated rings. The highest BCUT2D eigenvalue weighted by Gasteiger charge is 2.19. The van der Waals surface area contributed by atoms with Gasteiger partial charge in [0, 0.05) is 16.7 Å². The van der Waals surface area contributed by atoms with Crippen molar-refractivity contribution in [1.82, 2.24) is 9.97 Å². The summed E-state index contributed by atoms with van der Waals surface area (Å²) in [6.45, 7) is 0. The lowest BCUT2D eigenvalue weighted by molar-refractivity contribution is 1.18. The lowest BCUT2D eigenvalue weighted by Gasteiger charge is -2.19. The number of hydrogen-bond donors (Lipinski definition) is 0. The Labute approximate surface area is 337 Å². The molecule has 58 heavy (non-hydrogen) atoms. The van der Waals surface area contributed by atoms with Gasteiger partial charge in [-0.25, -0.2) is 9.97 Å². The van der Waals surface area contributed by atoms with Gasteiger partial charge in [0.25, 0.3) is 0 Å². The monoisotopic (exact) mass is 736 g/mol. The molecule has 0 saturated heterocycles. The van der Waals surface area contributed by atoms with Crippen molar-refractivity contribution >= 4 is 43.1 Å². The topological polar surface area (TPSA) is 25.8 Å². The lowest BCUT2D eigenvalue weighted by Crippen LogP contribution is -1.96. The maximum atomic E-state index is 5.11. The molecule has 0 atom stereocenters. The average Bonchev–Trinajstić information content (AvgIpc) is 3.31. The first kappa shape index (κ1) is 33.6. The Morgan fingerprint density at radius 2 is 0.741 bits per heavy atom. The van der Waals surface area contributed by atoms with Crippen LogP contribution in [0.25, 0.3) is 110 Å². The molecule has 11 aromatic rings. The summed E-state index contributed by atoms with van der Waals surface area (Å²) in [5.74, 6) is 0.713. The lowest BCUT2D eigenvalue weighted by atomic mass is 9.84. The predicted octanol–water partition coefficient (Wildman–Crippen LogP) is 15.1. The van der Waals surface area contributed by atoms with Crippen LogP contribution in [-0.2, 0) is 0 Å². The summed E-state index contributed by atoms with van der Waals surface area (Å²) in [6, 6.07) is 78.2. The van der Waals surface area contributed by atoms with Crippen LogP contribution in [-0.4, -0.2) is 9.97 Å². The Bertz CT molecular complexity index is 3290. The number of fused-ring (bicyclic) bond motifs is 5. The molecule has 0 aliphatic carbocycles. The van der Waals surface area contributed by atoms with E-state index in [4.69, 9.17) is 9.97 Å². The van der Waals surface area contributed by atoms with Crippen LogP contribution in [0.4, 0.5) is 0 Å². The van der Waals surface area contributed by atoms with Crippen molar-refractivity contribution in [2.75, 3.05) is 0 Å². The predicted molar refractivity (Wildman–Crippen MR) is 245 cm³/mol. The van der Waals surface area contributed by atoms with E-state index in [1.807, 2.05) is 18.2 Å². The van der Waals surface area contributed by atoms with Crippen molar-refractivity contribution < 1.29 is 0 Å². The second kappa shape index (κ2) is 14.1. The molecule has 2 heteroatoms. The van der Waals surface area contributed by atoms with Gasteiger partial charge in [0.2, 0.25) is 0 Å². The van der Waals surface area contributed by atoms with Crippen LogP contribution >= 0.6 is 0 Å². The molecule has 2 nitrogen and oxygen atoms in total. The molecule has 0 bridgehead atoms. The molecule has 10 aromatic carbocycles. The van der Waals surface area contributed by atoms with Crippen molar-refractivity contribution in [2.24, 2.45) is 0 Å². The van der Waals surface area contributed by atoms with E-state index in [-0.39, 0.29) is 0 Å². The van der Waals surface area contributed by atoms with E-state index in [2.05, 4.69) is 200 Å². The van der Waals surface area contributed by atoms with E-state index < -0.39 is 0 Å². The van der Waals surface area contributed by atoms with E-state index in [0.29, 0.717) is 5.82 Å². The highest BCUT2D eigenvalue weighted by molar-refractivity contribution is 6.27. The smallest absolute Gasteiger partial charge is 0.160 e. The third-order valence-electron chi connectivity index (χ3n) is 11.5. The summed E-state index contributed by atoms with van der Waals surface area (Å²) in [5.41, 5.74) is 12.2. The van der Waals surface area contributed by atoms with Gasteiger partial charge in [-0.3, -0.25) is 0 Å². The first-order chi connectivity index (χ1) is 28.8. The molecule has 0 saturated carbocycles. The summed E-state index contributed by atoms with van der Waals surface area (Å²) < 4.78 is 0. The Hall–Kier alpha value is -7.68.